The van der Waals surface area contributed by atoms with Crippen molar-refractivity contribution in [2.75, 3.05) is 5.32 Å². The average molecular weight is 506 g/mol. The van der Waals surface area contributed by atoms with E-state index in [0.717, 1.165) is 33.4 Å². The van der Waals surface area contributed by atoms with Gasteiger partial charge in [0.1, 0.15) is 0 Å². The number of carbonyl (C=O) groups excluding carboxylic acids is 1. The first-order valence-corrected chi connectivity index (χ1v) is 12.7. The number of halogens is 1. The predicted molar refractivity (Wildman–Crippen MR) is 144 cm³/mol. The van der Waals surface area contributed by atoms with Crippen molar-refractivity contribution in [1.29, 1.82) is 0 Å². The van der Waals surface area contributed by atoms with Gasteiger partial charge in [-0.25, -0.2) is 4.79 Å². The number of aryl methyl sites for hydroxylation is 3. The molecule has 3 aromatic carbocycles. The number of nitrogens with one attached hydrogen (secondary N) is 2. The molecule has 2 N–H and O–H groups in total. The van der Waals surface area contributed by atoms with Crippen LogP contribution in [0.5, 0.6) is 0 Å². The molecule has 2 amide bonds. The Hall–Kier alpha value is -3.29. The summed E-state index contributed by atoms with van der Waals surface area (Å²) in [4.78, 5) is 12.7. The Morgan fingerprint density at radius 2 is 1.77 bits per heavy atom. The minimum atomic E-state index is -0.403. The molecule has 0 spiro atoms. The Balaban J connectivity index is 1.60. The number of urea groups is 1. The second kappa shape index (κ2) is 11.0. The third-order valence-corrected chi connectivity index (χ3v) is 6.80. The van der Waals surface area contributed by atoms with E-state index in [2.05, 4.69) is 52.0 Å². The summed E-state index contributed by atoms with van der Waals surface area (Å²) in [6.07, 6.45) is 0. The number of carbonyl (C=O) groups is 1. The summed E-state index contributed by atoms with van der Waals surface area (Å²) < 4.78 is 1.98. The third kappa shape index (κ3) is 6.24. The normalized spacial score (nSPS) is 11.8. The quantitative estimate of drug-likeness (QED) is 0.265. The van der Waals surface area contributed by atoms with Crippen molar-refractivity contribution < 1.29 is 4.79 Å². The minimum absolute atomic E-state index is 0.312. The first-order chi connectivity index (χ1) is 16.8. The molecule has 1 atom stereocenters. The van der Waals surface area contributed by atoms with Crippen LogP contribution in [0.2, 0.25) is 5.02 Å². The van der Waals surface area contributed by atoms with E-state index in [1.165, 1.54) is 11.1 Å². The van der Waals surface area contributed by atoms with Gasteiger partial charge in [-0.1, -0.05) is 77.0 Å². The van der Waals surface area contributed by atoms with E-state index in [1.54, 1.807) is 11.8 Å². The van der Waals surface area contributed by atoms with Gasteiger partial charge in [0.05, 0.1) is 11.7 Å². The number of nitrogens with zero attached hydrogens (tertiary/aromatic N) is 3. The molecule has 0 aliphatic rings. The van der Waals surface area contributed by atoms with Crippen LogP contribution in [0.15, 0.2) is 71.9 Å². The fraction of sp³-hybridized carbons (Fsp3) is 0.222. The van der Waals surface area contributed by atoms with E-state index in [4.69, 9.17) is 11.6 Å². The summed E-state index contributed by atoms with van der Waals surface area (Å²) in [6, 6.07) is 21.1. The molecule has 1 aromatic heterocycles. The lowest BCUT2D eigenvalue weighted by atomic mass is 10.2. The van der Waals surface area contributed by atoms with Crippen LogP contribution in [-0.4, -0.2) is 20.8 Å². The van der Waals surface area contributed by atoms with E-state index >= 15 is 0 Å². The summed E-state index contributed by atoms with van der Waals surface area (Å²) in [5.41, 5.74) is 6.19. The van der Waals surface area contributed by atoms with Gasteiger partial charge < -0.3 is 10.6 Å². The zero-order valence-corrected chi connectivity index (χ0v) is 21.7. The third-order valence-electron chi connectivity index (χ3n) is 5.57. The largest absolute Gasteiger partial charge is 0.328 e. The minimum Gasteiger partial charge on any atom is -0.328 e. The van der Waals surface area contributed by atoms with E-state index in [9.17, 15) is 4.79 Å². The van der Waals surface area contributed by atoms with Crippen molar-refractivity contribution in [3.05, 3.63) is 99.8 Å². The maximum atomic E-state index is 12.7. The summed E-state index contributed by atoms with van der Waals surface area (Å²) in [7, 11) is 0. The second-order valence-corrected chi connectivity index (χ2v) is 9.95. The topological polar surface area (TPSA) is 71.8 Å². The number of aromatic nitrogens is 3. The highest BCUT2D eigenvalue weighted by Gasteiger charge is 2.22. The molecule has 0 aliphatic carbocycles. The molecular weight excluding hydrogens is 478 g/mol. The van der Waals surface area contributed by atoms with Crippen LogP contribution < -0.4 is 10.6 Å². The highest BCUT2D eigenvalue weighted by molar-refractivity contribution is 7.98. The van der Waals surface area contributed by atoms with Crippen LogP contribution in [0, 0.1) is 20.8 Å². The molecule has 0 fully saturated rings. The maximum absolute atomic E-state index is 12.7. The van der Waals surface area contributed by atoms with Crippen molar-refractivity contribution in [2.24, 2.45) is 0 Å². The lowest BCUT2D eigenvalue weighted by molar-refractivity contribution is 0.249. The summed E-state index contributed by atoms with van der Waals surface area (Å²) in [5, 5.41) is 16.2. The van der Waals surface area contributed by atoms with Gasteiger partial charge in [-0.15, -0.1) is 10.2 Å². The number of hydrogen-bond acceptors (Lipinski definition) is 4. The number of thioether (sulfide) groups is 1. The lowest BCUT2D eigenvalue weighted by Gasteiger charge is -2.18. The molecule has 4 aromatic rings. The van der Waals surface area contributed by atoms with Crippen LogP contribution in [0.1, 0.15) is 41.0 Å². The zero-order valence-electron chi connectivity index (χ0n) is 20.2. The molecule has 0 radical (unpaired) electrons. The highest BCUT2D eigenvalue weighted by atomic mass is 35.5. The molecule has 1 unspecified atom stereocenters. The van der Waals surface area contributed by atoms with Crippen LogP contribution in [-0.2, 0) is 5.75 Å². The fourth-order valence-electron chi connectivity index (χ4n) is 3.72. The lowest BCUT2D eigenvalue weighted by Crippen LogP contribution is -2.32. The van der Waals surface area contributed by atoms with Crippen LogP contribution in [0.25, 0.3) is 5.69 Å². The monoisotopic (exact) mass is 505 g/mol. The average Bonchev–Trinajstić information content (AvgIpc) is 3.25. The first kappa shape index (κ1) is 24.8. The molecule has 0 saturated heterocycles. The number of amides is 2. The molecule has 0 aliphatic heterocycles. The summed E-state index contributed by atoms with van der Waals surface area (Å²) in [5.74, 6) is 1.37. The highest BCUT2D eigenvalue weighted by Crippen LogP contribution is 2.30. The van der Waals surface area contributed by atoms with Crippen molar-refractivity contribution in [3.8, 4) is 5.69 Å². The molecule has 1 heterocycles. The van der Waals surface area contributed by atoms with Gasteiger partial charge in [0.15, 0.2) is 11.0 Å². The first-order valence-electron chi connectivity index (χ1n) is 11.3. The number of hydrogen-bond donors (Lipinski definition) is 2. The van der Waals surface area contributed by atoms with Gasteiger partial charge in [-0.05, 0) is 63.1 Å². The summed E-state index contributed by atoms with van der Waals surface area (Å²) >= 11 is 7.95. The Labute approximate surface area is 215 Å². The second-order valence-electron chi connectivity index (χ2n) is 8.57. The van der Waals surface area contributed by atoms with Gasteiger partial charge in [0.25, 0.3) is 0 Å². The van der Waals surface area contributed by atoms with Crippen LogP contribution >= 0.6 is 23.4 Å². The van der Waals surface area contributed by atoms with Crippen LogP contribution in [0.3, 0.4) is 0 Å². The molecule has 180 valence electrons. The fourth-order valence-corrected chi connectivity index (χ4v) is 4.78. The number of anilines is 1. The molecular formula is C27H28ClN5OS. The van der Waals surface area contributed by atoms with Gasteiger partial charge in [0, 0.05) is 16.5 Å². The molecule has 4 rings (SSSR count). The Morgan fingerprint density at radius 1 is 1.00 bits per heavy atom. The summed E-state index contributed by atoms with van der Waals surface area (Å²) in [6.45, 7) is 8.00. The molecule has 0 bridgehead atoms. The van der Waals surface area contributed by atoms with Crippen molar-refractivity contribution in [2.45, 2.75) is 44.6 Å². The van der Waals surface area contributed by atoms with E-state index < -0.39 is 6.04 Å². The molecule has 0 saturated carbocycles. The van der Waals surface area contributed by atoms with Crippen molar-refractivity contribution in [3.63, 3.8) is 0 Å². The van der Waals surface area contributed by atoms with E-state index in [0.29, 0.717) is 10.8 Å². The standard InChI is InChI=1S/C27H28ClN5OS/c1-17-8-12-23(13-9-17)30-26(34)29-20(4)25-31-32-27(35-16-21-7-5-6-18(2)14-21)33(25)24-15-22(28)11-10-19(24)3/h5-15,20H,16H2,1-4H3,(H2,29,30,34). The Bertz CT molecular complexity index is 1340. The van der Waals surface area contributed by atoms with Crippen molar-refractivity contribution in [1.82, 2.24) is 20.1 Å². The van der Waals surface area contributed by atoms with Crippen molar-refractivity contribution >= 4 is 35.1 Å². The van der Waals surface area contributed by atoms with Gasteiger partial charge in [-0.3, -0.25) is 4.57 Å². The smallest absolute Gasteiger partial charge is 0.319 e. The van der Waals surface area contributed by atoms with Crippen LogP contribution in [0.4, 0.5) is 10.5 Å². The molecule has 6 nitrogen and oxygen atoms in total. The molecule has 8 heteroatoms. The number of rotatable bonds is 7. The van der Waals surface area contributed by atoms with E-state index in [-0.39, 0.29) is 6.03 Å². The molecule has 35 heavy (non-hydrogen) atoms. The van der Waals surface area contributed by atoms with Gasteiger partial charge in [0.2, 0.25) is 0 Å². The van der Waals surface area contributed by atoms with Gasteiger partial charge in [-0.2, -0.15) is 0 Å². The maximum Gasteiger partial charge on any atom is 0.319 e. The zero-order chi connectivity index (χ0) is 24.9. The predicted octanol–water partition coefficient (Wildman–Crippen LogP) is 7.02. The Morgan fingerprint density at radius 3 is 2.51 bits per heavy atom. The van der Waals surface area contributed by atoms with E-state index in [1.807, 2.05) is 67.8 Å². The van der Waals surface area contributed by atoms with Gasteiger partial charge >= 0.3 is 6.03 Å². The Kier molecular flexibility index (Phi) is 7.78. The SMILES string of the molecule is Cc1ccc(NC(=O)NC(C)c2nnc(SCc3cccc(C)c3)n2-c2cc(Cl)ccc2C)cc1. The number of benzene rings is 3.